The van der Waals surface area contributed by atoms with Gasteiger partial charge >= 0.3 is 0 Å². The summed E-state index contributed by atoms with van der Waals surface area (Å²) in [4.78, 5) is 3.89. The molecule has 0 aliphatic heterocycles. The number of halogens is 2. The number of hydrogen-bond acceptors (Lipinski definition) is 3. The Morgan fingerprint density at radius 1 is 1.18 bits per heavy atom. The van der Waals surface area contributed by atoms with Crippen molar-refractivity contribution in [3.63, 3.8) is 0 Å². The van der Waals surface area contributed by atoms with Crippen LogP contribution in [0.2, 0.25) is 5.15 Å². The summed E-state index contributed by atoms with van der Waals surface area (Å²) in [6.45, 7) is 0. The average Bonchev–Trinajstić information content (AvgIpc) is 2.75. The molecule has 0 saturated carbocycles. The van der Waals surface area contributed by atoms with E-state index in [-0.39, 0.29) is 11.0 Å². The number of aromatic nitrogens is 4. The van der Waals surface area contributed by atoms with E-state index in [9.17, 15) is 4.39 Å². The molecule has 1 aromatic carbocycles. The molecule has 0 aliphatic rings. The van der Waals surface area contributed by atoms with E-state index in [0.29, 0.717) is 17.0 Å². The summed E-state index contributed by atoms with van der Waals surface area (Å²) >= 11 is 5.87. The van der Waals surface area contributed by atoms with Crippen molar-refractivity contribution in [1.82, 2.24) is 19.6 Å². The largest absolute Gasteiger partial charge is 0.278 e. The Labute approximate surface area is 101 Å². The second kappa shape index (κ2) is 3.78. The molecule has 2 heterocycles. The van der Waals surface area contributed by atoms with Crippen LogP contribution in [0.4, 0.5) is 4.39 Å². The smallest absolute Gasteiger partial charge is 0.198 e. The number of rotatable bonds is 1. The highest BCUT2D eigenvalue weighted by Crippen LogP contribution is 2.22. The van der Waals surface area contributed by atoms with Crippen molar-refractivity contribution >= 4 is 17.2 Å². The number of nitrogens with zero attached hydrogens (tertiary/aromatic N) is 4. The van der Waals surface area contributed by atoms with Gasteiger partial charge in [-0.25, -0.2) is 9.37 Å². The molecule has 4 nitrogen and oxygen atoms in total. The zero-order chi connectivity index (χ0) is 11.8. The standard InChI is InChI=1S/C11H6ClFN4/c12-9-11-16-15-10(17(11)6-5-14-9)7-3-1-2-4-8(7)13/h1-6H. The molecule has 17 heavy (non-hydrogen) atoms. The van der Waals surface area contributed by atoms with Gasteiger partial charge in [-0.2, -0.15) is 0 Å². The normalized spacial score (nSPS) is 10.9. The Morgan fingerprint density at radius 2 is 2.00 bits per heavy atom. The van der Waals surface area contributed by atoms with Crippen LogP contribution in [-0.2, 0) is 0 Å². The molecule has 2 aromatic heterocycles. The fourth-order valence-corrected chi connectivity index (χ4v) is 1.81. The molecule has 84 valence electrons. The quantitative estimate of drug-likeness (QED) is 0.665. The lowest BCUT2D eigenvalue weighted by atomic mass is 10.2. The average molecular weight is 249 g/mol. The monoisotopic (exact) mass is 248 g/mol. The summed E-state index contributed by atoms with van der Waals surface area (Å²) < 4.78 is 15.3. The fourth-order valence-electron chi connectivity index (χ4n) is 1.62. The van der Waals surface area contributed by atoms with E-state index in [4.69, 9.17) is 11.6 Å². The van der Waals surface area contributed by atoms with E-state index in [1.165, 1.54) is 12.3 Å². The van der Waals surface area contributed by atoms with Gasteiger partial charge in [0.05, 0.1) is 5.56 Å². The van der Waals surface area contributed by atoms with Gasteiger partial charge in [-0.15, -0.1) is 10.2 Å². The maximum Gasteiger partial charge on any atom is 0.198 e. The Morgan fingerprint density at radius 3 is 2.82 bits per heavy atom. The van der Waals surface area contributed by atoms with Gasteiger partial charge in [-0.3, -0.25) is 4.40 Å². The molecule has 3 rings (SSSR count). The third-order valence-electron chi connectivity index (χ3n) is 2.40. The van der Waals surface area contributed by atoms with Gasteiger partial charge in [0.25, 0.3) is 0 Å². The molecule has 0 saturated heterocycles. The number of benzene rings is 1. The molecular weight excluding hydrogens is 243 g/mol. The maximum absolute atomic E-state index is 13.7. The van der Waals surface area contributed by atoms with Crippen LogP contribution in [-0.4, -0.2) is 19.6 Å². The molecule has 0 atom stereocenters. The second-order valence-corrected chi connectivity index (χ2v) is 3.77. The van der Waals surface area contributed by atoms with E-state index in [0.717, 1.165) is 0 Å². The van der Waals surface area contributed by atoms with Gasteiger partial charge in [0.1, 0.15) is 5.82 Å². The first kappa shape index (κ1) is 10.2. The summed E-state index contributed by atoms with van der Waals surface area (Å²) in [6, 6.07) is 6.37. The second-order valence-electron chi connectivity index (χ2n) is 3.42. The van der Waals surface area contributed by atoms with Crippen LogP contribution >= 0.6 is 11.6 Å². The molecule has 0 aliphatic carbocycles. The summed E-state index contributed by atoms with van der Waals surface area (Å²) in [7, 11) is 0. The number of hydrogen-bond donors (Lipinski definition) is 0. The molecular formula is C11H6ClFN4. The first-order valence-electron chi connectivity index (χ1n) is 4.87. The molecule has 0 bridgehead atoms. The fraction of sp³-hybridized carbons (Fsp3) is 0. The Hall–Kier alpha value is -2.01. The van der Waals surface area contributed by atoms with Gasteiger partial charge in [-0.1, -0.05) is 23.7 Å². The Kier molecular flexibility index (Phi) is 2.26. The Bertz CT molecular complexity index is 695. The molecule has 0 radical (unpaired) electrons. The van der Waals surface area contributed by atoms with Crippen LogP contribution in [0.5, 0.6) is 0 Å². The highest BCUT2D eigenvalue weighted by atomic mass is 35.5. The Balaban J connectivity index is 2.33. The summed E-state index contributed by atoms with van der Waals surface area (Å²) in [5, 5.41) is 8.06. The lowest BCUT2D eigenvalue weighted by Gasteiger charge is -2.00. The van der Waals surface area contributed by atoms with Crippen molar-refractivity contribution in [1.29, 1.82) is 0 Å². The van der Waals surface area contributed by atoms with E-state index in [2.05, 4.69) is 15.2 Å². The summed E-state index contributed by atoms with van der Waals surface area (Å²) in [6.07, 6.45) is 3.16. The highest BCUT2D eigenvalue weighted by molar-refractivity contribution is 6.32. The SMILES string of the molecule is Fc1ccccc1-c1nnc2c(Cl)nccn12. The van der Waals surface area contributed by atoms with E-state index in [1.807, 2.05) is 0 Å². The lowest BCUT2D eigenvalue weighted by molar-refractivity contribution is 0.629. The van der Waals surface area contributed by atoms with Crippen LogP contribution in [0.25, 0.3) is 17.0 Å². The zero-order valence-corrected chi connectivity index (χ0v) is 9.26. The zero-order valence-electron chi connectivity index (χ0n) is 8.51. The van der Waals surface area contributed by atoms with Crippen molar-refractivity contribution in [2.75, 3.05) is 0 Å². The molecule has 6 heteroatoms. The first-order chi connectivity index (χ1) is 8.27. The van der Waals surface area contributed by atoms with Crippen molar-refractivity contribution < 1.29 is 4.39 Å². The molecule has 0 spiro atoms. The summed E-state index contributed by atoms with van der Waals surface area (Å²) in [5.74, 6) is 0.0529. The molecule has 0 N–H and O–H groups in total. The van der Waals surface area contributed by atoms with Gasteiger partial charge in [0, 0.05) is 12.4 Å². The van der Waals surface area contributed by atoms with Crippen LogP contribution in [0.3, 0.4) is 0 Å². The van der Waals surface area contributed by atoms with Gasteiger partial charge in [-0.05, 0) is 12.1 Å². The van der Waals surface area contributed by atoms with Gasteiger partial charge < -0.3 is 0 Å². The predicted octanol–water partition coefficient (Wildman–Crippen LogP) is 2.58. The molecule has 0 unspecified atom stereocenters. The van der Waals surface area contributed by atoms with Crippen molar-refractivity contribution in [2.24, 2.45) is 0 Å². The van der Waals surface area contributed by atoms with Crippen molar-refractivity contribution in [2.45, 2.75) is 0 Å². The molecule has 3 aromatic rings. The van der Waals surface area contributed by atoms with Gasteiger partial charge in [0.15, 0.2) is 16.6 Å². The third-order valence-corrected chi connectivity index (χ3v) is 2.67. The molecule has 0 amide bonds. The van der Waals surface area contributed by atoms with E-state index in [1.54, 1.807) is 28.8 Å². The van der Waals surface area contributed by atoms with E-state index >= 15 is 0 Å². The van der Waals surface area contributed by atoms with Crippen molar-refractivity contribution in [3.8, 4) is 11.4 Å². The van der Waals surface area contributed by atoms with Crippen LogP contribution in [0.1, 0.15) is 0 Å². The lowest BCUT2D eigenvalue weighted by Crippen LogP contribution is -1.92. The van der Waals surface area contributed by atoms with Crippen LogP contribution < -0.4 is 0 Å². The minimum absolute atomic E-state index is 0.239. The molecule has 0 fully saturated rings. The third kappa shape index (κ3) is 1.55. The minimum Gasteiger partial charge on any atom is -0.278 e. The first-order valence-corrected chi connectivity index (χ1v) is 5.25. The number of fused-ring (bicyclic) bond motifs is 1. The van der Waals surface area contributed by atoms with Crippen LogP contribution in [0, 0.1) is 5.82 Å². The van der Waals surface area contributed by atoms with Crippen LogP contribution in [0.15, 0.2) is 36.7 Å². The predicted molar refractivity (Wildman–Crippen MR) is 61.2 cm³/mol. The maximum atomic E-state index is 13.7. The topological polar surface area (TPSA) is 43.1 Å². The summed E-state index contributed by atoms with van der Waals surface area (Å²) in [5.41, 5.74) is 0.787. The highest BCUT2D eigenvalue weighted by Gasteiger charge is 2.13. The van der Waals surface area contributed by atoms with Crippen molar-refractivity contribution in [3.05, 3.63) is 47.6 Å². The van der Waals surface area contributed by atoms with E-state index < -0.39 is 0 Å². The minimum atomic E-state index is -0.352. The van der Waals surface area contributed by atoms with Gasteiger partial charge in [0.2, 0.25) is 0 Å².